The maximum atomic E-state index is 12.1. The van der Waals surface area contributed by atoms with Crippen LogP contribution in [-0.2, 0) is 14.3 Å². The standard InChI is InChI=1S/C24H27N3O7/c1-32-20-8-4-7-18(13-20)25-21(28)14-33-19-11-9-16(10-12-19)23(30)34-15-22(29)27-24(31)26-17-5-2-3-6-17/h4,7-13,17H,2-3,5-6,14-15H2,1H3,(H,25,28)(H2,26,27,29,31). The molecule has 0 aromatic heterocycles. The van der Waals surface area contributed by atoms with Crippen molar-refractivity contribution in [2.45, 2.75) is 31.7 Å². The van der Waals surface area contributed by atoms with Gasteiger partial charge in [0.05, 0.1) is 12.7 Å². The Bertz CT molecular complexity index is 1020. The molecule has 0 radical (unpaired) electrons. The highest BCUT2D eigenvalue weighted by Crippen LogP contribution is 2.18. The van der Waals surface area contributed by atoms with E-state index >= 15 is 0 Å². The summed E-state index contributed by atoms with van der Waals surface area (Å²) in [4.78, 5) is 47.8. The average Bonchev–Trinajstić information content (AvgIpc) is 3.34. The van der Waals surface area contributed by atoms with Crippen LogP contribution >= 0.6 is 0 Å². The van der Waals surface area contributed by atoms with Crippen LogP contribution in [0, 0.1) is 0 Å². The van der Waals surface area contributed by atoms with Crippen LogP contribution in [0.15, 0.2) is 48.5 Å². The highest BCUT2D eigenvalue weighted by molar-refractivity contribution is 5.97. The first kappa shape index (κ1) is 24.6. The molecule has 1 fully saturated rings. The molecule has 0 atom stereocenters. The van der Waals surface area contributed by atoms with Gasteiger partial charge in [-0.3, -0.25) is 14.9 Å². The minimum atomic E-state index is -0.728. The van der Waals surface area contributed by atoms with Gasteiger partial charge < -0.3 is 24.8 Å². The van der Waals surface area contributed by atoms with Crippen molar-refractivity contribution < 1.29 is 33.4 Å². The molecule has 10 nitrogen and oxygen atoms in total. The molecule has 1 aliphatic rings. The van der Waals surface area contributed by atoms with E-state index in [1.54, 1.807) is 24.3 Å². The van der Waals surface area contributed by atoms with Crippen LogP contribution in [0.25, 0.3) is 0 Å². The minimum Gasteiger partial charge on any atom is -0.497 e. The molecule has 3 N–H and O–H groups in total. The monoisotopic (exact) mass is 469 g/mol. The lowest BCUT2D eigenvalue weighted by Crippen LogP contribution is -2.44. The van der Waals surface area contributed by atoms with Gasteiger partial charge in [0.2, 0.25) is 0 Å². The molecule has 1 aliphatic carbocycles. The van der Waals surface area contributed by atoms with Gasteiger partial charge in [-0.1, -0.05) is 18.9 Å². The minimum absolute atomic E-state index is 0.0732. The fraction of sp³-hybridized carbons (Fsp3) is 0.333. The highest BCUT2D eigenvalue weighted by atomic mass is 16.5. The van der Waals surface area contributed by atoms with Gasteiger partial charge in [-0.2, -0.15) is 0 Å². The van der Waals surface area contributed by atoms with Gasteiger partial charge in [0.25, 0.3) is 11.8 Å². The molecule has 0 bridgehead atoms. The van der Waals surface area contributed by atoms with Crippen molar-refractivity contribution in [2.75, 3.05) is 25.6 Å². The molecule has 4 amide bonds. The summed E-state index contributed by atoms with van der Waals surface area (Å²) in [5.74, 6) is -0.816. The number of urea groups is 1. The maximum absolute atomic E-state index is 12.1. The average molecular weight is 469 g/mol. The van der Waals surface area contributed by atoms with Gasteiger partial charge in [-0.25, -0.2) is 9.59 Å². The zero-order valence-corrected chi connectivity index (χ0v) is 18.8. The number of carbonyl (C=O) groups excluding carboxylic acids is 4. The van der Waals surface area contributed by atoms with Crippen LogP contribution in [0.5, 0.6) is 11.5 Å². The number of esters is 1. The van der Waals surface area contributed by atoms with Gasteiger partial charge in [0, 0.05) is 17.8 Å². The smallest absolute Gasteiger partial charge is 0.338 e. The number of rotatable bonds is 9. The maximum Gasteiger partial charge on any atom is 0.338 e. The second-order valence-corrected chi connectivity index (χ2v) is 7.67. The highest BCUT2D eigenvalue weighted by Gasteiger charge is 2.19. The molecule has 2 aromatic rings. The van der Waals surface area contributed by atoms with E-state index in [-0.39, 0.29) is 24.1 Å². The van der Waals surface area contributed by atoms with Crippen molar-refractivity contribution in [1.29, 1.82) is 0 Å². The van der Waals surface area contributed by atoms with Gasteiger partial charge in [0.15, 0.2) is 13.2 Å². The third-order valence-electron chi connectivity index (χ3n) is 5.09. The van der Waals surface area contributed by atoms with Crippen LogP contribution in [0.3, 0.4) is 0 Å². The van der Waals surface area contributed by atoms with Gasteiger partial charge in [-0.15, -0.1) is 0 Å². The quantitative estimate of drug-likeness (QED) is 0.481. The van der Waals surface area contributed by atoms with Crippen LogP contribution < -0.4 is 25.4 Å². The number of nitrogens with one attached hydrogen (secondary N) is 3. The second-order valence-electron chi connectivity index (χ2n) is 7.67. The molecular formula is C24H27N3O7. The number of hydrogen-bond acceptors (Lipinski definition) is 7. The first-order valence-corrected chi connectivity index (χ1v) is 10.9. The lowest BCUT2D eigenvalue weighted by molar-refractivity contribution is -0.123. The predicted molar refractivity (Wildman–Crippen MR) is 123 cm³/mol. The Morgan fingerprint density at radius 1 is 0.912 bits per heavy atom. The summed E-state index contributed by atoms with van der Waals surface area (Å²) in [6.07, 6.45) is 3.89. The lowest BCUT2D eigenvalue weighted by atomic mass is 10.2. The summed E-state index contributed by atoms with van der Waals surface area (Å²) in [5, 5.41) is 7.55. The van der Waals surface area contributed by atoms with Crippen LogP contribution in [0.1, 0.15) is 36.0 Å². The van der Waals surface area contributed by atoms with E-state index in [4.69, 9.17) is 14.2 Å². The van der Waals surface area contributed by atoms with Gasteiger partial charge >= 0.3 is 12.0 Å². The van der Waals surface area contributed by atoms with E-state index in [1.807, 2.05) is 0 Å². The van der Waals surface area contributed by atoms with E-state index in [0.717, 1.165) is 25.7 Å². The molecular weight excluding hydrogens is 442 g/mol. The molecule has 0 aliphatic heterocycles. The Kier molecular flexibility index (Phi) is 8.84. The van der Waals surface area contributed by atoms with E-state index in [2.05, 4.69) is 16.0 Å². The number of hydrogen-bond donors (Lipinski definition) is 3. The Hall–Kier alpha value is -4.08. The molecule has 2 aromatic carbocycles. The number of amides is 4. The predicted octanol–water partition coefficient (Wildman–Crippen LogP) is 2.64. The molecule has 10 heteroatoms. The van der Waals surface area contributed by atoms with E-state index in [9.17, 15) is 19.2 Å². The summed E-state index contributed by atoms with van der Waals surface area (Å²) < 4.78 is 15.5. The Balaban J connectivity index is 1.38. The Morgan fingerprint density at radius 3 is 2.35 bits per heavy atom. The number of benzene rings is 2. The normalized spacial score (nSPS) is 13.0. The van der Waals surface area contributed by atoms with Crippen molar-refractivity contribution in [3.63, 3.8) is 0 Å². The lowest BCUT2D eigenvalue weighted by Gasteiger charge is -2.12. The van der Waals surface area contributed by atoms with Gasteiger partial charge in [0.1, 0.15) is 11.5 Å². The number of methoxy groups -OCH3 is 1. The third-order valence-corrected chi connectivity index (χ3v) is 5.09. The SMILES string of the molecule is COc1cccc(NC(=O)COc2ccc(C(=O)OCC(=O)NC(=O)NC3CCCC3)cc2)c1. The molecule has 0 heterocycles. The topological polar surface area (TPSA) is 132 Å². The fourth-order valence-electron chi connectivity index (χ4n) is 3.40. The van der Waals surface area contributed by atoms with E-state index in [1.165, 1.54) is 31.4 Å². The molecule has 0 saturated heterocycles. The first-order valence-electron chi connectivity index (χ1n) is 10.9. The molecule has 0 spiro atoms. The fourth-order valence-corrected chi connectivity index (χ4v) is 3.40. The third kappa shape index (κ3) is 7.80. The molecule has 3 rings (SSSR count). The number of ether oxygens (including phenoxy) is 3. The first-order chi connectivity index (χ1) is 16.4. The summed E-state index contributed by atoms with van der Waals surface area (Å²) >= 11 is 0. The zero-order valence-electron chi connectivity index (χ0n) is 18.8. The largest absolute Gasteiger partial charge is 0.497 e. The second kappa shape index (κ2) is 12.2. The summed E-state index contributed by atoms with van der Waals surface area (Å²) in [5.41, 5.74) is 0.766. The van der Waals surface area contributed by atoms with Crippen molar-refractivity contribution in [3.05, 3.63) is 54.1 Å². The van der Waals surface area contributed by atoms with E-state index in [0.29, 0.717) is 17.2 Å². The Labute approximate surface area is 196 Å². The van der Waals surface area contributed by atoms with E-state index < -0.39 is 24.5 Å². The van der Waals surface area contributed by atoms with Crippen LogP contribution in [0.4, 0.5) is 10.5 Å². The summed E-state index contributed by atoms with van der Waals surface area (Å²) in [6, 6.07) is 12.3. The van der Waals surface area contributed by atoms with Gasteiger partial charge in [-0.05, 0) is 49.2 Å². The summed E-state index contributed by atoms with van der Waals surface area (Å²) in [6.45, 7) is -0.816. The van der Waals surface area contributed by atoms with Crippen LogP contribution in [0.2, 0.25) is 0 Å². The van der Waals surface area contributed by atoms with Crippen molar-refractivity contribution in [3.8, 4) is 11.5 Å². The number of anilines is 1. The molecule has 1 saturated carbocycles. The zero-order chi connectivity index (χ0) is 24.3. The summed E-state index contributed by atoms with van der Waals surface area (Å²) in [7, 11) is 1.54. The number of carbonyl (C=O) groups is 4. The van der Waals surface area contributed by atoms with Crippen molar-refractivity contribution in [1.82, 2.24) is 10.6 Å². The molecule has 180 valence electrons. The van der Waals surface area contributed by atoms with Crippen molar-refractivity contribution >= 4 is 29.5 Å². The molecule has 34 heavy (non-hydrogen) atoms. The Morgan fingerprint density at radius 2 is 1.65 bits per heavy atom. The van der Waals surface area contributed by atoms with Crippen LogP contribution in [-0.4, -0.2) is 50.2 Å². The number of imide groups is 1. The van der Waals surface area contributed by atoms with Crippen molar-refractivity contribution in [2.24, 2.45) is 0 Å². The molecule has 0 unspecified atom stereocenters.